The minimum atomic E-state index is -0.0903. The summed E-state index contributed by atoms with van der Waals surface area (Å²) in [5.41, 5.74) is 16.9. The van der Waals surface area contributed by atoms with Gasteiger partial charge in [-0.15, -0.1) is 0 Å². The van der Waals surface area contributed by atoms with E-state index in [0.29, 0.717) is 0 Å². The highest BCUT2D eigenvalue weighted by Gasteiger charge is 2.35. The van der Waals surface area contributed by atoms with Gasteiger partial charge in [-0.05, 0) is 112 Å². The molecule has 1 aliphatic rings. The van der Waals surface area contributed by atoms with Crippen molar-refractivity contribution in [1.82, 2.24) is 4.57 Å². The zero-order valence-electron chi connectivity index (χ0n) is 30.6. The molecular formula is C50H41N3. The standard InChI is InChI=1S/C50H41N3/c1-5-34(33-51-4)35-18-24-38(25-19-35)52(41-30-31-43-42-12-6-9-15-46(42)50(2,3)47(43)32-41)39-26-20-36(21-27-39)37-22-28-40(29-23-37)53-48-16-10-7-13-44(48)45-14-8-11-17-49(45)53/h5-33H,1-4H3/b34-5+,51-33?. The molecule has 1 aliphatic carbocycles. The second-order valence-corrected chi connectivity index (χ2v) is 14.4. The highest BCUT2D eigenvalue weighted by Crippen LogP contribution is 2.50. The van der Waals surface area contributed by atoms with Crippen LogP contribution in [0.1, 0.15) is 37.5 Å². The van der Waals surface area contributed by atoms with E-state index < -0.39 is 0 Å². The first kappa shape index (κ1) is 32.5. The summed E-state index contributed by atoms with van der Waals surface area (Å²) in [6.07, 6.45) is 4.02. The zero-order valence-corrected chi connectivity index (χ0v) is 30.6. The Labute approximate surface area is 311 Å². The van der Waals surface area contributed by atoms with Crippen LogP contribution in [0.15, 0.2) is 175 Å². The third-order valence-corrected chi connectivity index (χ3v) is 11.0. The number of hydrogen-bond donors (Lipinski definition) is 0. The molecule has 0 N–H and O–H groups in total. The lowest BCUT2D eigenvalue weighted by atomic mass is 9.82. The van der Waals surface area contributed by atoms with E-state index in [1.165, 1.54) is 55.2 Å². The Morgan fingerprint density at radius 3 is 1.72 bits per heavy atom. The van der Waals surface area contributed by atoms with Crippen LogP contribution in [0.3, 0.4) is 0 Å². The van der Waals surface area contributed by atoms with Gasteiger partial charge < -0.3 is 9.47 Å². The molecule has 0 saturated carbocycles. The fraction of sp³-hybridized carbons (Fsp3) is 0.100. The van der Waals surface area contributed by atoms with Gasteiger partial charge in [-0.3, -0.25) is 4.99 Å². The molecule has 1 aromatic heterocycles. The Morgan fingerprint density at radius 2 is 1.09 bits per heavy atom. The lowest BCUT2D eigenvalue weighted by Gasteiger charge is -2.28. The summed E-state index contributed by atoms with van der Waals surface area (Å²) in [4.78, 5) is 6.65. The topological polar surface area (TPSA) is 20.5 Å². The predicted octanol–water partition coefficient (Wildman–Crippen LogP) is 13.3. The minimum Gasteiger partial charge on any atom is -0.310 e. The molecule has 0 unspecified atom stereocenters. The van der Waals surface area contributed by atoms with Crippen LogP contribution >= 0.6 is 0 Å². The number of benzene rings is 7. The van der Waals surface area contributed by atoms with Crippen molar-refractivity contribution in [2.45, 2.75) is 26.2 Å². The van der Waals surface area contributed by atoms with E-state index in [1.807, 2.05) is 13.3 Å². The van der Waals surface area contributed by atoms with Crippen molar-refractivity contribution < 1.29 is 0 Å². The first-order valence-corrected chi connectivity index (χ1v) is 18.4. The van der Waals surface area contributed by atoms with Crippen LogP contribution in [0.4, 0.5) is 17.1 Å². The molecule has 0 radical (unpaired) electrons. The summed E-state index contributed by atoms with van der Waals surface area (Å²) >= 11 is 0. The van der Waals surface area contributed by atoms with Crippen molar-refractivity contribution in [3.8, 4) is 27.9 Å². The Morgan fingerprint density at radius 1 is 0.566 bits per heavy atom. The first-order chi connectivity index (χ1) is 26.0. The number of rotatable bonds is 7. The number of para-hydroxylation sites is 2. The van der Waals surface area contributed by atoms with Gasteiger partial charge in [-0.2, -0.15) is 0 Å². The largest absolute Gasteiger partial charge is 0.310 e. The molecule has 0 amide bonds. The van der Waals surface area contributed by atoms with Gasteiger partial charge in [-0.25, -0.2) is 0 Å². The van der Waals surface area contributed by atoms with Gasteiger partial charge in [0, 0.05) is 52.2 Å². The average Bonchev–Trinajstić information content (AvgIpc) is 3.66. The highest BCUT2D eigenvalue weighted by molar-refractivity contribution is 6.10. The van der Waals surface area contributed by atoms with Crippen LogP contribution < -0.4 is 4.90 Å². The van der Waals surface area contributed by atoms with Crippen molar-refractivity contribution in [2.24, 2.45) is 4.99 Å². The van der Waals surface area contributed by atoms with Gasteiger partial charge in [0.1, 0.15) is 0 Å². The van der Waals surface area contributed by atoms with Gasteiger partial charge in [0.15, 0.2) is 0 Å². The molecule has 0 saturated heterocycles. The van der Waals surface area contributed by atoms with E-state index in [-0.39, 0.29) is 5.41 Å². The quantitative estimate of drug-likeness (QED) is 0.153. The van der Waals surface area contributed by atoms with Crippen LogP contribution in [0.2, 0.25) is 0 Å². The molecule has 256 valence electrons. The van der Waals surface area contributed by atoms with Gasteiger partial charge in [-0.1, -0.05) is 123 Å². The Kier molecular flexibility index (Phi) is 7.93. The zero-order chi connectivity index (χ0) is 36.1. The summed E-state index contributed by atoms with van der Waals surface area (Å²) in [7, 11) is 1.82. The number of allylic oxidation sites excluding steroid dienone is 2. The maximum Gasteiger partial charge on any atom is 0.0541 e. The minimum absolute atomic E-state index is 0.0903. The molecule has 0 spiro atoms. The van der Waals surface area contributed by atoms with E-state index in [9.17, 15) is 0 Å². The highest BCUT2D eigenvalue weighted by atomic mass is 15.1. The van der Waals surface area contributed by atoms with E-state index in [2.05, 4.69) is 205 Å². The van der Waals surface area contributed by atoms with Crippen molar-refractivity contribution >= 4 is 50.7 Å². The van der Waals surface area contributed by atoms with Crippen LogP contribution in [0, 0.1) is 0 Å². The number of aliphatic imine (C=N–C) groups is 1. The molecule has 1 heterocycles. The summed E-state index contributed by atoms with van der Waals surface area (Å²) in [5.74, 6) is 0. The second-order valence-electron chi connectivity index (χ2n) is 14.4. The third-order valence-electron chi connectivity index (χ3n) is 11.0. The molecule has 7 aromatic carbocycles. The number of nitrogens with zero attached hydrogens (tertiary/aromatic N) is 3. The maximum atomic E-state index is 4.27. The molecule has 3 heteroatoms. The van der Waals surface area contributed by atoms with Crippen molar-refractivity contribution in [3.63, 3.8) is 0 Å². The molecule has 8 aromatic rings. The van der Waals surface area contributed by atoms with Crippen molar-refractivity contribution in [1.29, 1.82) is 0 Å². The van der Waals surface area contributed by atoms with Crippen molar-refractivity contribution in [2.75, 3.05) is 11.9 Å². The second kappa shape index (κ2) is 13.0. The predicted molar refractivity (Wildman–Crippen MR) is 227 cm³/mol. The van der Waals surface area contributed by atoms with E-state index >= 15 is 0 Å². The Hall–Kier alpha value is -6.45. The lowest BCUT2D eigenvalue weighted by molar-refractivity contribution is 0.660. The lowest BCUT2D eigenvalue weighted by Crippen LogP contribution is -2.16. The summed E-state index contributed by atoms with van der Waals surface area (Å²) in [5, 5.41) is 2.55. The Balaban J connectivity index is 1.09. The van der Waals surface area contributed by atoms with Crippen LogP contribution in [0.5, 0.6) is 0 Å². The monoisotopic (exact) mass is 683 g/mol. The normalized spacial score (nSPS) is 13.5. The molecular weight excluding hydrogens is 643 g/mol. The number of anilines is 3. The summed E-state index contributed by atoms with van der Waals surface area (Å²) < 4.78 is 2.37. The molecule has 0 aliphatic heterocycles. The van der Waals surface area contributed by atoms with Gasteiger partial charge >= 0.3 is 0 Å². The first-order valence-electron chi connectivity index (χ1n) is 18.4. The molecule has 0 atom stereocenters. The molecule has 3 nitrogen and oxygen atoms in total. The third kappa shape index (κ3) is 5.39. The summed E-state index contributed by atoms with van der Waals surface area (Å²) in [6.45, 7) is 6.74. The number of fused-ring (bicyclic) bond motifs is 6. The maximum absolute atomic E-state index is 4.27. The average molecular weight is 684 g/mol. The Bertz CT molecular complexity index is 2640. The van der Waals surface area contributed by atoms with Crippen LogP contribution in [-0.4, -0.2) is 17.8 Å². The molecule has 53 heavy (non-hydrogen) atoms. The molecule has 0 fully saturated rings. The van der Waals surface area contributed by atoms with Gasteiger partial charge in [0.2, 0.25) is 0 Å². The molecule has 9 rings (SSSR count). The van der Waals surface area contributed by atoms with E-state index in [4.69, 9.17) is 0 Å². The number of aromatic nitrogens is 1. The molecule has 0 bridgehead atoms. The smallest absolute Gasteiger partial charge is 0.0541 e. The van der Waals surface area contributed by atoms with Crippen molar-refractivity contribution in [3.05, 3.63) is 187 Å². The van der Waals surface area contributed by atoms with Gasteiger partial charge in [0.05, 0.1) is 11.0 Å². The van der Waals surface area contributed by atoms with Crippen LogP contribution in [0.25, 0.3) is 55.3 Å². The van der Waals surface area contributed by atoms with Gasteiger partial charge in [0.25, 0.3) is 0 Å². The fourth-order valence-corrected chi connectivity index (χ4v) is 8.34. The number of hydrogen-bond acceptors (Lipinski definition) is 2. The summed E-state index contributed by atoms with van der Waals surface area (Å²) in [6, 6.07) is 59.9. The fourth-order valence-electron chi connectivity index (χ4n) is 8.34. The van der Waals surface area contributed by atoms with E-state index in [0.717, 1.165) is 33.9 Å². The SMILES string of the molecule is C/C=C(\C=NC)c1ccc(N(c2ccc(-c3ccc(-n4c5ccccc5c5ccccc54)cc3)cc2)c2ccc3c(c2)C(C)(C)c2ccccc2-3)cc1. The van der Waals surface area contributed by atoms with Crippen LogP contribution in [-0.2, 0) is 5.41 Å². The van der Waals surface area contributed by atoms with E-state index in [1.54, 1.807) is 0 Å².